The number of nitrogens with zero attached hydrogens (tertiary/aromatic N) is 1. The Morgan fingerprint density at radius 3 is 2.48 bits per heavy atom. The molecule has 0 unspecified atom stereocenters. The van der Waals surface area contributed by atoms with Gasteiger partial charge in [0.2, 0.25) is 0 Å². The summed E-state index contributed by atoms with van der Waals surface area (Å²) in [7, 11) is -3.92. The van der Waals surface area contributed by atoms with Crippen LogP contribution in [-0.4, -0.2) is 8.42 Å². The van der Waals surface area contributed by atoms with Crippen LogP contribution in [-0.2, 0) is 10.1 Å². The number of benzene rings is 2. The van der Waals surface area contributed by atoms with Crippen LogP contribution in [0.2, 0.25) is 5.02 Å². The van der Waals surface area contributed by atoms with Gasteiger partial charge in [-0.25, -0.2) is 0 Å². The van der Waals surface area contributed by atoms with Crippen molar-refractivity contribution in [2.75, 3.05) is 0 Å². The van der Waals surface area contributed by atoms with Crippen molar-refractivity contribution in [2.24, 2.45) is 0 Å². The largest absolute Gasteiger partial charge is 0.378 e. The zero-order valence-corrected chi connectivity index (χ0v) is 12.3. The van der Waals surface area contributed by atoms with Gasteiger partial charge in [0, 0.05) is 0 Å². The second-order valence-corrected chi connectivity index (χ2v) is 5.88. The number of hydrogen-bond donors (Lipinski definition) is 0. The van der Waals surface area contributed by atoms with Crippen molar-refractivity contribution in [3.8, 4) is 11.8 Å². The van der Waals surface area contributed by atoms with E-state index in [9.17, 15) is 8.42 Å². The van der Waals surface area contributed by atoms with E-state index in [1.165, 1.54) is 24.3 Å². The third-order valence-electron chi connectivity index (χ3n) is 2.49. The molecule has 106 valence electrons. The fourth-order valence-corrected chi connectivity index (χ4v) is 2.56. The summed E-state index contributed by atoms with van der Waals surface area (Å²) in [5.74, 6) is -0.0200. The van der Waals surface area contributed by atoms with Crippen molar-refractivity contribution in [2.45, 2.75) is 0 Å². The summed E-state index contributed by atoms with van der Waals surface area (Å²) in [5.41, 5.74) is 1.06. The fraction of sp³-hybridized carbons (Fsp3) is 0. The van der Waals surface area contributed by atoms with Crippen molar-refractivity contribution in [1.82, 2.24) is 0 Å². The van der Waals surface area contributed by atoms with E-state index < -0.39 is 10.1 Å². The minimum absolute atomic E-state index is 0.0200. The molecule has 0 saturated heterocycles. The lowest BCUT2D eigenvalue weighted by molar-refractivity contribution is 0.497. The summed E-state index contributed by atoms with van der Waals surface area (Å²) in [6, 6.07) is 15.0. The van der Waals surface area contributed by atoms with E-state index in [1.54, 1.807) is 24.3 Å². The monoisotopic (exact) mass is 319 g/mol. The summed E-state index contributed by atoms with van der Waals surface area (Å²) >= 11 is 5.87. The minimum atomic E-state index is -3.92. The molecule has 2 aromatic carbocycles. The van der Waals surface area contributed by atoms with Crippen molar-refractivity contribution >= 4 is 27.8 Å². The molecule has 0 saturated carbocycles. The Balaban J connectivity index is 2.19. The SMILES string of the molecule is N#Cc1ccc(OS(=O)(=O)/C=C/c2ccccc2)c(Cl)c1. The smallest absolute Gasteiger partial charge is 0.332 e. The van der Waals surface area contributed by atoms with Crippen LogP contribution >= 0.6 is 11.6 Å². The van der Waals surface area contributed by atoms with Gasteiger partial charge in [-0.15, -0.1) is 0 Å². The molecule has 0 aliphatic rings. The lowest BCUT2D eigenvalue weighted by atomic mass is 10.2. The van der Waals surface area contributed by atoms with E-state index in [2.05, 4.69) is 0 Å². The molecule has 0 bridgehead atoms. The molecule has 6 heteroatoms. The fourth-order valence-electron chi connectivity index (χ4n) is 1.52. The van der Waals surface area contributed by atoms with Crippen molar-refractivity contribution in [1.29, 1.82) is 5.26 Å². The molecule has 0 aliphatic carbocycles. The summed E-state index contributed by atoms with van der Waals surface area (Å²) in [6.07, 6.45) is 1.42. The molecule has 0 amide bonds. The molecule has 0 N–H and O–H groups in total. The van der Waals surface area contributed by atoms with Gasteiger partial charge in [0.05, 0.1) is 22.1 Å². The summed E-state index contributed by atoms with van der Waals surface area (Å²) in [4.78, 5) is 0. The first-order valence-corrected chi connectivity index (χ1v) is 7.72. The normalized spacial score (nSPS) is 11.2. The summed E-state index contributed by atoms with van der Waals surface area (Å²) < 4.78 is 28.6. The lowest BCUT2D eigenvalue weighted by Gasteiger charge is -2.05. The van der Waals surface area contributed by atoms with E-state index in [-0.39, 0.29) is 10.8 Å². The lowest BCUT2D eigenvalue weighted by Crippen LogP contribution is -2.05. The molecule has 2 rings (SSSR count). The number of nitriles is 1. The van der Waals surface area contributed by atoms with Gasteiger partial charge in [-0.3, -0.25) is 0 Å². The van der Waals surface area contributed by atoms with Gasteiger partial charge in [0.25, 0.3) is 0 Å². The summed E-state index contributed by atoms with van der Waals surface area (Å²) in [5, 5.41) is 9.73. The van der Waals surface area contributed by atoms with Gasteiger partial charge in [-0.1, -0.05) is 41.9 Å². The molecule has 0 radical (unpaired) electrons. The topological polar surface area (TPSA) is 67.2 Å². The molecule has 0 aromatic heterocycles. The average Bonchev–Trinajstić information content (AvgIpc) is 2.48. The zero-order valence-electron chi connectivity index (χ0n) is 10.7. The van der Waals surface area contributed by atoms with Crippen LogP contribution in [0, 0.1) is 11.3 Å². The quantitative estimate of drug-likeness (QED) is 0.808. The standard InChI is InChI=1S/C15H10ClNO3S/c16-14-10-13(11-17)6-7-15(14)20-21(18,19)9-8-12-4-2-1-3-5-12/h1-10H/b9-8+. The first kappa shape index (κ1) is 15.1. The molecule has 4 nitrogen and oxygen atoms in total. The molecule has 0 heterocycles. The molecular weight excluding hydrogens is 310 g/mol. The molecular formula is C15H10ClNO3S. The third kappa shape index (κ3) is 4.35. The molecule has 0 aliphatic heterocycles. The van der Waals surface area contributed by atoms with Crippen LogP contribution in [0.5, 0.6) is 5.75 Å². The van der Waals surface area contributed by atoms with Crippen LogP contribution in [0.4, 0.5) is 0 Å². The highest BCUT2D eigenvalue weighted by atomic mass is 35.5. The van der Waals surface area contributed by atoms with Gasteiger partial charge < -0.3 is 4.18 Å². The van der Waals surface area contributed by atoms with Gasteiger partial charge in [0.15, 0.2) is 5.75 Å². The molecule has 0 fully saturated rings. The highest BCUT2D eigenvalue weighted by Crippen LogP contribution is 2.26. The van der Waals surface area contributed by atoms with Gasteiger partial charge >= 0.3 is 10.1 Å². The van der Waals surface area contributed by atoms with E-state index in [1.807, 2.05) is 12.1 Å². The van der Waals surface area contributed by atoms with E-state index in [0.29, 0.717) is 5.56 Å². The average molecular weight is 320 g/mol. The highest BCUT2D eigenvalue weighted by molar-refractivity contribution is 7.90. The van der Waals surface area contributed by atoms with Crippen molar-refractivity contribution in [3.63, 3.8) is 0 Å². The predicted octanol–water partition coefficient (Wildman–Crippen LogP) is 3.59. The first-order chi connectivity index (χ1) is 10.00. The molecule has 21 heavy (non-hydrogen) atoms. The zero-order chi connectivity index (χ0) is 15.3. The van der Waals surface area contributed by atoms with Crippen LogP contribution < -0.4 is 4.18 Å². The number of halogens is 1. The Morgan fingerprint density at radius 2 is 1.86 bits per heavy atom. The van der Waals surface area contributed by atoms with Crippen LogP contribution in [0.15, 0.2) is 53.9 Å². The molecule has 2 aromatic rings. The Kier molecular flexibility index (Phi) is 4.63. The van der Waals surface area contributed by atoms with Crippen LogP contribution in [0.1, 0.15) is 11.1 Å². The van der Waals surface area contributed by atoms with E-state index in [0.717, 1.165) is 11.0 Å². The van der Waals surface area contributed by atoms with Gasteiger partial charge in [-0.05, 0) is 29.8 Å². The molecule has 0 spiro atoms. The third-order valence-corrected chi connectivity index (χ3v) is 3.67. The highest BCUT2D eigenvalue weighted by Gasteiger charge is 2.11. The van der Waals surface area contributed by atoms with Gasteiger partial charge in [0.1, 0.15) is 0 Å². The maximum absolute atomic E-state index is 11.8. The van der Waals surface area contributed by atoms with Gasteiger partial charge in [-0.2, -0.15) is 13.7 Å². The number of rotatable bonds is 4. The maximum Gasteiger partial charge on any atom is 0.332 e. The second-order valence-electron chi connectivity index (χ2n) is 4.05. The Hall–Kier alpha value is -2.29. The van der Waals surface area contributed by atoms with Crippen molar-refractivity contribution < 1.29 is 12.6 Å². The van der Waals surface area contributed by atoms with E-state index in [4.69, 9.17) is 21.0 Å². The first-order valence-electron chi connectivity index (χ1n) is 5.87. The summed E-state index contributed by atoms with van der Waals surface area (Å²) in [6.45, 7) is 0. The Morgan fingerprint density at radius 1 is 1.14 bits per heavy atom. The maximum atomic E-state index is 11.8. The second kappa shape index (κ2) is 6.44. The number of hydrogen-bond acceptors (Lipinski definition) is 4. The minimum Gasteiger partial charge on any atom is -0.378 e. The van der Waals surface area contributed by atoms with Crippen LogP contribution in [0.3, 0.4) is 0 Å². The Bertz CT molecular complexity index is 809. The van der Waals surface area contributed by atoms with Crippen molar-refractivity contribution in [3.05, 3.63) is 70.1 Å². The molecule has 0 atom stereocenters. The van der Waals surface area contributed by atoms with Crippen LogP contribution in [0.25, 0.3) is 6.08 Å². The Labute approximate surface area is 128 Å². The van der Waals surface area contributed by atoms with E-state index >= 15 is 0 Å². The predicted molar refractivity (Wildman–Crippen MR) is 81.2 cm³/mol.